The Labute approximate surface area is 183 Å². The molecule has 31 heavy (non-hydrogen) atoms. The number of carbonyl (C=O) groups excluding carboxylic acids is 1. The van der Waals surface area contributed by atoms with Crippen molar-refractivity contribution >= 4 is 16.6 Å². The molecule has 0 amide bonds. The number of hydrogen-bond acceptors (Lipinski definition) is 4. The van der Waals surface area contributed by atoms with Crippen molar-refractivity contribution in [2.24, 2.45) is 0 Å². The molecule has 4 aromatic rings. The average molecular weight is 429 g/mol. The Hall–Kier alpha value is -3.70. The molecule has 0 bridgehead atoms. The maximum Gasteiger partial charge on any atom is 0.196 e. The maximum atomic E-state index is 12.8. The van der Waals surface area contributed by atoms with Gasteiger partial charge in [-0.25, -0.2) is 4.21 Å². The van der Waals surface area contributed by atoms with E-state index in [1.807, 2.05) is 36.4 Å². The quantitative estimate of drug-likeness (QED) is 0.402. The fourth-order valence-corrected chi connectivity index (χ4v) is 4.23. The molecule has 0 fully saturated rings. The number of ether oxygens (including phenoxy) is 1. The second-order valence-corrected chi connectivity index (χ2v) is 8.33. The summed E-state index contributed by atoms with van der Waals surface area (Å²) in [5, 5.41) is 10.4. The number of rotatable bonds is 7. The molecule has 0 aromatic heterocycles. The summed E-state index contributed by atoms with van der Waals surface area (Å²) in [5.41, 5.74) is 1.57. The van der Waals surface area contributed by atoms with Crippen LogP contribution in [-0.2, 0) is 17.4 Å². The SMILES string of the molecule is O=C(c1ccccc1)c1ccccc1OCc1ccc(S(=O)c2ccccc2)cc1O. The number of phenols is 1. The van der Waals surface area contributed by atoms with Crippen molar-refractivity contribution in [2.45, 2.75) is 16.4 Å². The molecule has 0 spiro atoms. The Morgan fingerprint density at radius 3 is 2.13 bits per heavy atom. The highest BCUT2D eigenvalue weighted by Crippen LogP contribution is 2.27. The summed E-state index contributed by atoms with van der Waals surface area (Å²) in [5.74, 6) is 0.301. The second kappa shape index (κ2) is 9.41. The zero-order chi connectivity index (χ0) is 21.6. The van der Waals surface area contributed by atoms with Crippen LogP contribution in [0.1, 0.15) is 21.5 Å². The minimum atomic E-state index is -1.38. The second-order valence-electron chi connectivity index (χ2n) is 6.85. The van der Waals surface area contributed by atoms with Gasteiger partial charge in [0.15, 0.2) is 5.78 Å². The van der Waals surface area contributed by atoms with Crippen molar-refractivity contribution in [2.75, 3.05) is 0 Å². The van der Waals surface area contributed by atoms with Gasteiger partial charge in [-0.3, -0.25) is 4.79 Å². The summed E-state index contributed by atoms with van der Waals surface area (Å²) in [4.78, 5) is 14.0. The number of ketones is 1. The molecule has 4 aromatic carbocycles. The lowest BCUT2D eigenvalue weighted by Gasteiger charge is -2.12. The van der Waals surface area contributed by atoms with E-state index in [0.717, 1.165) is 0 Å². The van der Waals surface area contributed by atoms with Gasteiger partial charge in [0.25, 0.3) is 0 Å². The van der Waals surface area contributed by atoms with Gasteiger partial charge >= 0.3 is 0 Å². The summed E-state index contributed by atoms with van der Waals surface area (Å²) in [6, 6.07) is 30.0. The van der Waals surface area contributed by atoms with Crippen molar-refractivity contribution in [1.29, 1.82) is 0 Å². The number of aromatic hydroxyl groups is 1. The highest BCUT2D eigenvalue weighted by molar-refractivity contribution is 7.85. The number of phenolic OH excluding ortho intramolecular Hbond substituents is 1. The lowest BCUT2D eigenvalue weighted by Crippen LogP contribution is -2.06. The van der Waals surface area contributed by atoms with E-state index in [0.29, 0.717) is 32.2 Å². The molecule has 0 saturated heterocycles. The molecule has 0 aliphatic carbocycles. The third-order valence-corrected chi connectivity index (χ3v) is 6.16. The lowest BCUT2D eigenvalue weighted by molar-refractivity contribution is 0.103. The summed E-state index contributed by atoms with van der Waals surface area (Å²) in [6.45, 7) is 0.0726. The first kappa shape index (κ1) is 20.6. The molecule has 0 saturated carbocycles. The Morgan fingerprint density at radius 1 is 0.774 bits per heavy atom. The molecule has 1 atom stereocenters. The minimum absolute atomic E-state index is 0.00588. The molecule has 1 N–H and O–H groups in total. The van der Waals surface area contributed by atoms with E-state index in [1.54, 1.807) is 60.7 Å². The molecule has 0 aliphatic rings. The van der Waals surface area contributed by atoms with Crippen LogP contribution in [-0.4, -0.2) is 15.1 Å². The van der Waals surface area contributed by atoms with Crippen LogP contribution in [0, 0.1) is 0 Å². The number of para-hydroxylation sites is 1. The third kappa shape index (κ3) is 4.73. The fraction of sp³-hybridized carbons (Fsp3) is 0.0385. The minimum Gasteiger partial charge on any atom is -0.507 e. The topological polar surface area (TPSA) is 63.6 Å². The monoisotopic (exact) mass is 428 g/mol. The van der Waals surface area contributed by atoms with E-state index in [-0.39, 0.29) is 18.1 Å². The van der Waals surface area contributed by atoms with Gasteiger partial charge in [-0.2, -0.15) is 0 Å². The van der Waals surface area contributed by atoms with Gasteiger partial charge in [-0.15, -0.1) is 0 Å². The van der Waals surface area contributed by atoms with Crippen molar-refractivity contribution < 1.29 is 18.8 Å². The van der Waals surface area contributed by atoms with Crippen LogP contribution >= 0.6 is 0 Å². The first-order valence-electron chi connectivity index (χ1n) is 9.74. The van der Waals surface area contributed by atoms with Crippen molar-refractivity contribution in [1.82, 2.24) is 0 Å². The van der Waals surface area contributed by atoms with E-state index >= 15 is 0 Å². The van der Waals surface area contributed by atoms with E-state index in [9.17, 15) is 14.1 Å². The van der Waals surface area contributed by atoms with Gasteiger partial charge in [0.2, 0.25) is 0 Å². The van der Waals surface area contributed by atoms with E-state index in [2.05, 4.69) is 0 Å². The number of hydrogen-bond donors (Lipinski definition) is 1. The van der Waals surface area contributed by atoms with Crippen molar-refractivity contribution in [3.05, 3.63) is 120 Å². The molecule has 0 heterocycles. The van der Waals surface area contributed by atoms with Crippen LogP contribution in [0.25, 0.3) is 0 Å². The normalized spacial score (nSPS) is 11.6. The standard InChI is InChI=1S/C26H20O4S/c27-24-17-22(31(29)21-11-5-2-6-12-21)16-15-20(24)18-30-25-14-8-7-13-23(25)26(28)19-9-3-1-4-10-19/h1-17,27H,18H2. The molecule has 0 aliphatic heterocycles. The Morgan fingerprint density at radius 2 is 1.42 bits per heavy atom. The molecular formula is C26H20O4S. The fourth-order valence-electron chi connectivity index (χ4n) is 3.14. The van der Waals surface area contributed by atoms with Crippen LogP contribution in [0.5, 0.6) is 11.5 Å². The van der Waals surface area contributed by atoms with Gasteiger partial charge in [-0.05, 0) is 36.4 Å². The molecule has 0 radical (unpaired) electrons. The number of carbonyl (C=O) groups is 1. The zero-order valence-electron chi connectivity index (χ0n) is 16.6. The Kier molecular flexibility index (Phi) is 6.24. The molecule has 4 rings (SSSR count). The third-order valence-electron chi connectivity index (χ3n) is 4.78. The summed E-state index contributed by atoms with van der Waals surface area (Å²) < 4.78 is 18.5. The largest absolute Gasteiger partial charge is 0.507 e. The average Bonchev–Trinajstić information content (AvgIpc) is 2.83. The zero-order valence-corrected chi connectivity index (χ0v) is 17.4. The van der Waals surface area contributed by atoms with Crippen LogP contribution in [0.2, 0.25) is 0 Å². The first-order valence-corrected chi connectivity index (χ1v) is 10.9. The van der Waals surface area contributed by atoms with Crippen LogP contribution in [0.15, 0.2) is 113 Å². The highest BCUT2D eigenvalue weighted by atomic mass is 32.2. The number of benzene rings is 4. The van der Waals surface area contributed by atoms with Gasteiger partial charge in [-0.1, -0.05) is 66.7 Å². The van der Waals surface area contributed by atoms with Crippen LogP contribution < -0.4 is 4.74 Å². The molecule has 154 valence electrons. The molecule has 1 unspecified atom stereocenters. The van der Waals surface area contributed by atoms with Gasteiger partial charge in [0.1, 0.15) is 18.1 Å². The van der Waals surface area contributed by atoms with E-state index in [4.69, 9.17) is 4.74 Å². The van der Waals surface area contributed by atoms with E-state index < -0.39 is 10.8 Å². The van der Waals surface area contributed by atoms with Crippen molar-refractivity contribution in [3.63, 3.8) is 0 Å². The predicted octanol–water partition coefficient (Wildman–Crippen LogP) is 5.37. The Bertz CT molecular complexity index is 1220. The van der Waals surface area contributed by atoms with Crippen LogP contribution in [0.4, 0.5) is 0 Å². The van der Waals surface area contributed by atoms with E-state index in [1.165, 1.54) is 6.07 Å². The smallest absolute Gasteiger partial charge is 0.196 e. The van der Waals surface area contributed by atoms with Gasteiger partial charge in [0.05, 0.1) is 16.4 Å². The molecule has 5 heteroatoms. The van der Waals surface area contributed by atoms with Gasteiger partial charge < -0.3 is 9.84 Å². The van der Waals surface area contributed by atoms with Gasteiger partial charge in [0, 0.05) is 20.9 Å². The first-order chi connectivity index (χ1) is 15.1. The molecular weight excluding hydrogens is 408 g/mol. The highest BCUT2D eigenvalue weighted by Gasteiger charge is 2.15. The van der Waals surface area contributed by atoms with Crippen molar-refractivity contribution in [3.8, 4) is 11.5 Å². The Balaban J connectivity index is 1.52. The maximum absolute atomic E-state index is 12.8. The summed E-state index contributed by atoms with van der Waals surface area (Å²) in [6.07, 6.45) is 0. The predicted molar refractivity (Wildman–Crippen MR) is 120 cm³/mol. The summed E-state index contributed by atoms with van der Waals surface area (Å²) in [7, 11) is -1.38. The molecule has 4 nitrogen and oxygen atoms in total. The summed E-state index contributed by atoms with van der Waals surface area (Å²) >= 11 is 0. The lowest BCUT2D eigenvalue weighted by atomic mass is 10.0. The van der Waals surface area contributed by atoms with Crippen LogP contribution in [0.3, 0.4) is 0 Å².